The van der Waals surface area contributed by atoms with Crippen LogP contribution in [0.5, 0.6) is 0 Å². The van der Waals surface area contributed by atoms with Gasteiger partial charge in [-0.25, -0.2) is 4.68 Å². The van der Waals surface area contributed by atoms with Crippen molar-refractivity contribution in [3.05, 3.63) is 59.1 Å². The Morgan fingerprint density at radius 3 is 2.59 bits per heavy atom. The maximum absolute atomic E-state index is 13.4. The molecule has 2 atom stereocenters. The number of thiophene rings is 1. The number of carbonyl (C=O) groups excluding carboxylic acids is 1. The van der Waals surface area contributed by atoms with E-state index in [2.05, 4.69) is 0 Å². The van der Waals surface area contributed by atoms with E-state index < -0.39 is 0 Å². The van der Waals surface area contributed by atoms with Gasteiger partial charge in [-0.15, -0.1) is 11.3 Å². The first-order valence-electron chi connectivity index (χ1n) is 9.17. The number of hydrogen-bond acceptors (Lipinski definition) is 4. The van der Waals surface area contributed by atoms with Crippen LogP contribution in [-0.2, 0) is 4.74 Å². The highest BCUT2D eigenvalue weighted by atomic mass is 32.1. The lowest BCUT2D eigenvalue weighted by Gasteiger charge is -2.35. The Morgan fingerprint density at radius 1 is 1.15 bits per heavy atom. The molecule has 0 saturated carbocycles. The molecule has 4 rings (SSSR count). The monoisotopic (exact) mass is 381 g/mol. The molecule has 3 heterocycles. The third-order valence-electron chi connectivity index (χ3n) is 4.66. The Balaban J connectivity index is 1.77. The molecule has 3 aromatic rings. The molecule has 0 bridgehead atoms. The van der Waals surface area contributed by atoms with Gasteiger partial charge in [0.25, 0.3) is 5.91 Å². The van der Waals surface area contributed by atoms with Crippen molar-refractivity contribution in [2.75, 3.05) is 13.1 Å². The van der Waals surface area contributed by atoms with Crippen LogP contribution < -0.4 is 0 Å². The van der Waals surface area contributed by atoms with Crippen molar-refractivity contribution in [2.45, 2.75) is 33.0 Å². The fraction of sp³-hybridized carbons (Fsp3) is 0.333. The highest BCUT2D eigenvalue weighted by molar-refractivity contribution is 7.13. The van der Waals surface area contributed by atoms with Gasteiger partial charge in [-0.2, -0.15) is 5.10 Å². The van der Waals surface area contributed by atoms with E-state index >= 15 is 0 Å². The fourth-order valence-electron chi connectivity index (χ4n) is 3.54. The second-order valence-electron chi connectivity index (χ2n) is 7.11. The van der Waals surface area contributed by atoms with Crippen LogP contribution in [0.25, 0.3) is 16.3 Å². The lowest BCUT2D eigenvalue weighted by molar-refractivity contribution is -0.0588. The van der Waals surface area contributed by atoms with Crippen molar-refractivity contribution in [2.24, 2.45) is 0 Å². The van der Waals surface area contributed by atoms with E-state index in [1.165, 1.54) is 0 Å². The Bertz CT molecular complexity index is 938. The quantitative estimate of drug-likeness (QED) is 0.684. The molecule has 5 nitrogen and oxygen atoms in total. The van der Waals surface area contributed by atoms with Gasteiger partial charge < -0.3 is 9.64 Å². The molecule has 0 radical (unpaired) electrons. The van der Waals surface area contributed by atoms with E-state index in [1.807, 2.05) is 73.5 Å². The average molecular weight is 382 g/mol. The number of aryl methyl sites for hydroxylation is 1. The molecule has 0 N–H and O–H groups in total. The zero-order chi connectivity index (χ0) is 19.0. The van der Waals surface area contributed by atoms with E-state index in [9.17, 15) is 4.79 Å². The minimum atomic E-state index is -0.00573. The van der Waals surface area contributed by atoms with Crippen LogP contribution in [-0.4, -0.2) is 45.9 Å². The highest BCUT2D eigenvalue weighted by Gasteiger charge is 2.29. The van der Waals surface area contributed by atoms with E-state index in [0.717, 1.165) is 21.8 Å². The van der Waals surface area contributed by atoms with E-state index in [0.29, 0.717) is 18.8 Å². The summed E-state index contributed by atoms with van der Waals surface area (Å²) in [7, 11) is 0. The van der Waals surface area contributed by atoms with Crippen LogP contribution in [0, 0.1) is 6.92 Å². The van der Waals surface area contributed by atoms with Gasteiger partial charge in [-0.3, -0.25) is 4.79 Å². The van der Waals surface area contributed by atoms with Crippen LogP contribution in [0.15, 0.2) is 47.8 Å². The molecule has 1 fully saturated rings. The first kappa shape index (κ1) is 17.9. The normalized spacial score (nSPS) is 20.0. The molecule has 6 heteroatoms. The zero-order valence-electron chi connectivity index (χ0n) is 15.8. The minimum Gasteiger partial charge on any atom is -0.372 e. The molecule has 1 aromatic carbocycles. The van der Waals surface area contributed by atoms with Crippen LogP contribution in [0.4, 0.5) is 0 Å². The number of hydrogen-bond donors (Lipinski definition) is 0. The second-order valence-corrected chi connectivity index (χ2v) is 8.06. The molecule has 1 aliphatic rings. The van der Waals surface area contributed by atoms with E-state index in [1.54, 1.807) is 16.0 Å². The van der Waals surface area contributed by atoms with Crippen LogP contribution in [0.3, 0.4) is 0 Å². The topological polar surface area (TPSA) is 47.4 Å². The van der Waals surface area contributed by atoms with Crippen molar-refractivity contribution in [3.63, 3.8) is 0 Å². The van der Waals surface area contributed by atoms with Crippen LogP contribution in [0.2, 0.25) is 0 Å². The first-order chi connectivity index (χ1) is 13.0. The number of nitrogens with zero attached hydrogens (tertiary/aromatic N) is 3. The third-order valence-corrected chi connectivity index (χ3v) is 5.55. The molecule has 0 aliphatic carbocycles. The summed E-state index contributed by atoms with van der Waals surface area (Å²) in [5.74, 6) is -0.00573. The number of morpholine rings is 1. The number of benzene rings is 1. The summed E-state index contributed by atoms with van der Waals surface area (Å²) in [5.41, 5.74) is 3.44. The lowest BCUT2D eigenvalue weighted by Crippen LogP contribution is -2.48. The summed E-state index contributed by atoms with van der Waals surface area (Å²) >= 11 is 1.62. The lowest BCUT2D eigenvalue weighted by atomic mass is 10.2. The van der Waals surface area contributed by atoms with Gasteiger partial charge in [0.05, 0.1) is 22.8 Å². The SMILES string of the molecule is Cc1cccc(-n2nc(-c3cccs3)cc2C(=O)N2C[C@@H](C)O[C@@H](C)C2)c1. The molecule has 140 valence electrons. The second kappa shape index (κ2) is 7.29. The van der Waals surface area contributed by atoms with Crippen molar-refractivity contribution >= 4 is 17.2 Å². The van der Waals surface area contributed by atoms with Gasteiger partial charge in [-0.05, 0) is 56.0 Å². The van der Waals surface area contributed by atoms with Crippen LogP contribution in [0.1, 0.15) is 29.9 Å². The van der Waals surface area contributed by atoms with E-state index in [-0.39, 0.29) is 18.1 Å². The Morgan fingerprint density at radius 2 is 1.93 bits per heavy atom. The number of amides is 1. The molecule has 1 saturated heterocycles. The maximum Gasteiger partial charge on any atom is 0.272 e. The molecule has 0 unspecified atom stereocenters. The molecule has 2 aromatic heterocycles. The summed E-state index contributed by atoms with van der Waals surface area (Å²) in [4.78, 5) is 16.3. The Hall–Kier alpha value is -2.44. The zero-order valence-corrected chi connectivity index (χ0v) is 16.6. The predicted octanol–water partition coefficient (Wildman–Crippen LogP) is 4.16. The fourth-order valence-corrected chi connectivity index (χ4v) is 4.22. The standard InChI is InChI=1S/C21H23N3O2S/c1-14-6-4-7-17(10-14)24-19(11-18(22-24)20-8-5-9-27-20)21(25)23-12-15(2)26-16(3)13-23/h4-11,15-16H,12-13H2,1-3H3/t15-,16+. The van der Waals surface area contributed by atoms with E-state index in [4.69, 9.17) is 9.84 Å². The predicted molar refractivity (Wildman–Crippen MR) is 108 cm³/mol. The molecule has 27 heavy (non-hydrogen) atoms. The first-order valence-corrected chi connectivity index (χ1v) is 10.0. The molecule has 0 spiro atoms. The Kier molecular flexibility index (Phi) is 4.85. The Labute approximate surface area is 163 Å². The van der Waals surface area contributed by atoms with Gasteiger partial charge >= 0.3 is 0 Å². The highest BCUT2D eigenvalue weighted by Crippen LogP contribution is 2.27. The largest absolute Gasteiger partial charge is 0.372 e. The number of carbonyl (C=O) groups is 1. The summed E-state index contributed by atoms with van der Waals surface area (Å²) < 4.78 is 7.56. The number of rotatable bonds is 3. The third kappa shape index (κ3) is 3.68. The summed E-state index contributed by atoms with van der Waals surface area (Å²) in [5, 5.41) is 6.79. The summed E-state index contributed by atoms with van der Waals surface area (Å²) in [6.07, 6.45) is 0.0645. The summed E-state index contributed by atoms with van der Waals surface area (Å²) in [6.45, 7) is 7.24. The van der Waals surface area contributed by atoms with Gasteiger partial charge in [-0.1, -0.05) is 18.2 Å². The van der Waals surface area contributed by atoms with Gasteiger partial charge in [0.15, 0.2) is 0 Å². The average Bonchev–Trinajstić information content (AvgIpc) is 3.30. The van der Waals surface area contributed by atoms with Crippen molar-refractivity contribution in [1.82, 2.24) is 14.7 Å². The number of aromatic nitrogens is 2. The number of ether oxygens (including phenoxy) is 1. The van der Waals surface area contributed by atoms with Gasteiger partial charge in [0.1, 0.15) is 11.4 Å². The van der Waals surface area contributed by atoms with Crippen molar-refractivity contribution in [1.29, 1.82) is 0 Å². The maximum atomic E-state index is 13.4. The molecule has 1 amide bonds. The van der Waals surface area contributed by atoms with Gasteiger partial charge in [0.2, 0.25) is 0 Å². The van der Waals surface area contributed by atoms with Crippen molar-refractivity contribution in [3.8, 4) is 16.3 Å². The minimum absolute atomic E-state index is 0.00573. The molecular formula is C21H23N3O2S. The van der Waals surface area contributed by atoms with Gasteiger partial charge in [0, 0.05) is 13.1 Å². The van der Waals surface area contributed by atoms with Crippen LogP contribution >= 0.6 is 11.3 Å². The summed E-state index contributed by atoms with van der Waals surface area (Å²) in [6, 6.07) is 14.0. The molecule has 1 aliphatic heterocycles. The molecular weight excluding hydrogens is 358 g/mol. The smallest absolute Gasteiger partial charge is 0.272 e. The van der Waals surface area contributed by atoms with Crippen molar-refractivity contribution < 1.29 is 9.53 Å².